The van der Waals surface area contributed by atoms with Crippen LogP contribution in [0.2, 0.25) is 0 Å². The minimum Gasteiger partial charge on any atom is -0.394 e. The second kappa shape index (κ2) is 4.71. The van der Waals surface area contributed by atoms with Crippen LogP contribution >= 0.6 is 0 Å². The molecule has 0 radical (unpaired) electrons. The molecule has 0 unspecified atom stereocenters. The molecule has 1 aliphatic carbocycles. The first kappa shape index (κ1) is 11.9. The minimum absolute atomic E-state index is 0.0652. The van der Waals surface area contributed by atoms with Crippen molar-refractivity contribution in [1.29, 1.82) is 0 Å². The molecule has 0 aromatic heterocycles. The summed E-state index contributed by atoms with van der Waals surface area (Å²) in [6.45, 7) is 0.0652. The predicted octanol–water partition coefficient (Wildman–Crippen LogP) is 2.31. The first-order valence-electron chi connectivity index (χ1n) is 5.79. The van der Waals surface area contributed by atoms with Gasteiger partial charge in [-0.15, -0.1) is 0 Å². The number of rotatable bonds is 4. The summed E-state index contributed by atoms with van der Waals surface area (Å²) in [5.74, 6) is 0. The van der Waals surface area contributed by atoms with Crippen molar-refractivity contribution in [2.75, 3.05) is 11.9 Å². The highest BCUT2D eigenvalue weighted by atomic mass is 16.6. The first-order chi connectivity index (χ1) is 8.15. The smallest absolute Gasteiger partial charge is 0.271 e. The predicted molar refractivity (Wildman–Crippen MR) is 65.0 cm³/mol. The maximum atomic E-state index is 10.7. The molecule has 0 aliphatic heterocycles. The quantitative estimate of drug-likeness (QED) is 0.621. The summed E-state index contributed by atoms with van der Waals surface area (Å²) >= 11 is 0. The van der Waals surface area contributed by atoms with Crippen LogP contribution in [0.5, 0.6) is 0 Å². The van der Waals surface area contributed by atoms with Crippen molar-refractivity contribution >= 4 is 11.4 Å². The monoisotopic (exact) mass is 236 g/mol. The Balaban J connectivity index is 2.17. The molecule has 92 valence electrons. The maximum Gasteiger partial charge on any atom is 0.271 e. The van der Waals surface area contributed by atoms with Crippen molar-refractivity contribution < 1.29 is 10.0 Å². The molecule has 0 spiro atoms. The Morgan fingerprint density at radius 3 is 2.71 bits per heavy atom. The fourth-order valence-corrected chi connectivity index (χ4v) is 2.38. The molecule has 0 heterocycles. The number of aliphatic hydroxyl groups excluding tert-OH is 1. The van der Waals surface area contributed by atoms with Crippen LogP contribution in [0, 0.1) is 10.1 Å². The molecule has 5 heteroatoms. The number of anilines is 1. The van der Waals surface area contributed by atoms with E-state index >= 15 is 0 Å². The number of aliphatic hydroxyl groups is 1. The summed E-state index contributed by atoms with van der Waals surface area (Å²) in [5, 5.41) is 23.4. The van der Waals surface area contributed by atoms with E-state index in [0.29, 0.717) is 5.69 Å². The van der Waals surface area contributed by atoms with E-state index in [1.54, 1.807) is 12.1 Å². The van der Waals surface area contributed by atoms with Crippen LogP contribution in [-0.4, -0.2) is 22.2 Å². The van der Waals surface area contributed by atoms with Crippen LogP contribution in [0.4, 0.5) is 11.4 Å². The minimum atomic E-state index is -0.411. The normalized spacial score (nSPS) is 17.9. The van der Waals surface area contributed by atoms with Crippen molar-refractivity contribution in [3.8, 4) is 0 Å². The number of benzene rings is 1. The van der Waals surface area contributed by atoms with Gasteiger partial charge in [0, 0.05) is 17.8 Å². The molecular formula is C12H16N2O3. The van der Waals surface area contributed by atoms with E-state index < -0.39 is 4.92 Å². The molecule has 2 N–H and O–H groups in total. The zero-order valence-electron chi connectivity index (χ0n) is 9.56. The highest BCUT2D eigenvalue weighted by Gasteiger charge is 2.33. The SMILES string of the molecule is O=[N+]([O-])c1cccc(NC2(CO)CCCC2)c1. The summed E-state index contributed by atoms with van der Waals surface area (Å²) in [6.07, 6.45) is 3.99. The van der Waals surface area contributed by atoms with Crippen LogP contribution in [0.3, 0.4) is 0 Å². The van der Waals surface area contributed by atoms with Gasteiger partial charge < -0.3 is 10.4 Å². The molecule has 1 aromatic carbocycles. The number of nitro benzene ring substituents is 1. The summed E-state index contributed by atoms with van der Waals surface area (Å²) in [5.41, 5.74) is 0.478. The Kier molecular flexibility index (Phi) is 3.28. The van der Waals surface area contributed by atoms with Gasteiger partial charge in [0.2, 0.25) is 0 Å². The van der Waals surface area contributed by atoms with Crippen LogP contribution in [-0.2, 0) is 0 Å². The average Bonchev–Trinajstić information content (AvgIpc) is 2.78. The lowest BCUT2D eigenvalue weighted by Gasteiger charge is -2.29. The Hall–Kier alpha value is -1.62. The van der Waals surface area contributed by atoms with Crippen molar-refractivity contribution in [3.05, 3.63) is 34.4 Å². The number of nitrogens with zero attached hydrogens (tertiary/aromatic N) is 1. The van der Waals surface area contributed by atoms with Gasteiger partial charge in [0.1, 0.15) is 0 Å². The van der Waals surface area contributed by atoms with E-state index in [0.717, 1.165) is 25.7 Å². The van der Waals surface area contributed by atoms with Gasteiger partial charge in [0.05, 0.1) is 17.1 Å². The summed E-state index contributed by atoms with van der Waals surface area (Å²) in [6, 6.07) is 6.42. The second-order valence-corrected chi connectivity index (χ2v) is 4.58. The summed E-state index contributed by atoms with van der Waals surface area (Å²) in [4.78, 5) is 10.3. The molecule has 2 rings (SSSR count). The van der Waals surface area contributed by atoms with Gasteiger partial charge in [-0.05, 0) is 18.9 Å². The lowest BCUT2D eigenvalue weighted by atomic mass is 9.98. The molecule has 1 saturated carbocycles. The molecule has 5 nitrogen and oxygen atoms in total. The zero-order chi connectivity index (χ0) is 12.3. The van der Waals surface area contributed by atoms with Crippen LogP contribution in [0.15, 0.2) is 24.3 Å². The number of hydrogen-bond acceptors (Lipinski definition) is 4. The second-order valence-electron chi connectivity index (χ2n) is 4.58. The molecule has 0 saturated heterocycles. The zero-order valence-corrected chi connectivity index (χ0v) is 9.56. The Labute approximate surface area is 99.6 Å². The highest BCUT2D eigenvalue weighted by Crippen LogP contribution is 2.33. The fraction of sp³-hybridized carbons (Fsp3) is 0.500. The third kappa shape index (κ3) is 2.55. The third-order valence-electron chi connectivity index (χ3n) is 3.33. The Morgan fingerprint density at radius 2 is 2.12 bits per heavy atom. The van der Waals surface area contributed by atoms with E-state index in [1.807, 2.05) is 0 Å². The van der Waals surface area contributed by atoms with Crippen LogP contribution in [0.1, 0.15) is 25.7 Å². The van der Waals surface area contributed by atoms with Crippen molar-refractivity contribution in [2.45, 2.75) is 31.2 Å². The molecule has 0 bridgehead atoms. The first-order valence-corrected chi connectivity index (χ1v) is 5.79. The van der Waals surface area contributed by atoms with Crippen molar-refractivity contribution in [2.24, 2.45) is 0 Å². The van der Waals surface area contributed by atoms with Gasteiger partial charge in [0.15, 0.2) is 0 Å². The number of nitrogens with one attached hydrogen (secondary N) is 1. The van der Waals surface area contributed by atoms with E-state index in [4.69, 9.17) is 0 Å². The van der Waals surface area contributed by atoms with E-state index in [1.165, 1.54) is 12.1 Å². The molecule has 1 fully saturated rings. The number of non-ortho nitro benzene ring substituents is 1. The van der Waals surface area contributed by atoms with Crippen molar-refractivity contribution in [3.63, 3.8) is 0 Å². The number of hydrogen-bond donors (Lipinski definition) is 2. The molecular weight excluding hydrogens is 220 g/mol. The molecule has 0 atom stereocenters. The van der Waals surface area contributed by atoms with Gasteiger partial charge in [-0.1, -0.05) is 18.9 Å². The summed E-state index contributed by atoms with van der Waals surface area (Å²) < 4.78 is 0. The van der Waals surface area contributed by atoms with Gasteiger partial charge >= 0.3 is 0 Å². The standard InChI is InChI=1S/C12H16N2O3/c15-9-12(6-1-2-7-12)13-10-4-3-5-11(8-10)14(16)17/h3-5,8,13,15H,1-2,6-7,9H2. The van der Waals surface area contributed by atoms with Crippen molar-refractivity contribution in [1.82, 2.24) is 0 Å². The fourth-order valence-electron chi connectivity index (χ4n) is 2.38. The van der Waals surface area contributed by atoms with E-state index in [-0.39, 0.29) is 17.8 Å². The lowest BCUT2D eigenvalue weighted by Crippen LogP contribution is -2.38. The average molecular weight is 236 g/mol. The topological polar surface area (TPSA) is 75.4 Å². The van der Waals surface area contributed by atoms with E-state index in [9.17, 15) is 15.2 Å². The van der Waals surface area contributed by atoms with Gasteiger partial charge in [0.25, 0.3) is 5.69 Å². The lowest BCUT2D eigenvalue weighted by molar-refractivity contribution is -0.384. The van der Waals surface area contributed by atoms with E-state index in [2.05, 4.69) is 5.32 Å². The Bertz CT molecular complexity index is 414. The molecule has 1 aliphatic rings. The molecule has 17 heavy (non-hydrogen) atoms. The molecule has 0 amide bonds. The van der Waals surface area contributed by atoms with Gasteiger partial charge in [-0.3, -0.25) is 10.1 Å². The largest absolute Gasteiger partial charge is 0.394 e. The maximum absolute atomic E-state index is 10.7. The van der Waals surface area contributed by atoms with Crippen LogP contribution in [0.25, 0.3) is 0 Å². The number of nitro groups is 1. The Morgan fingerprint density at radius 1 is 1.41 bits per heavy atom. The third-order valence-corrected chi connectivity index (χ3v) is 3.33. The van der Waals surface area contributed by atoms with Gasteiger partial charge in [-0.25, -0.2) is 0 Å². The molecule has 1 aromatic rings. The highest BCUT2D eigenvalue weighted by molar-refractivity contribution is 5.52. The summed E-state index contributed by atoms with van der Waals surface area (Å²) in [7, 11) is 0. The van der Waals surface area contributed by atoms with Crippen LogP contribution < -0.4 is 5.32 Å². The van der Waals surface area contributed by atoms with Gasteiger partial charge in [-0.2, -0.15) is 0 Å².